The van der Waals surface area contributed by atoms with Gasteiger partial charge in [-0.25, -0.2) is 0 Å². The largest absolute Gasteiger partial charge is 0.378 e. The van der Waals surface area contributed by atoms with Crippen molar-refractivity contribution in [1.82, 2.24) is 0 Å². The molecule has 1 heterocycles. The Morgan fingerprint density at radius 1 is 1.33 bits per heavy atom. The number of ether oxygens (including phenoxy) is 1. The van der Waals surface area contributed by atoms with Crippen LogP contribution < -0.4 is 4.90 Å². The topological polar surface area (TPSA) is 12.5 Å². The van der Waals surface area contributed by atoms with Crippen molar-refractivity contribution in [1.29, 1.82) is 0 Å². The number of nitrogens with zero attached hydrogens (tertiary/aromatic N) is 1. The van der Waals surface area contributed by atoms with Crippen molar-refractivity contribution >= 4 is 33.2 Å². The molecule has 0 aromatic heterocycles. The van der Waals surface area contributed by atoms with Crippen molar-refractivity contribution in [3.63, 3.8) is 0 Å². The highest BCUT2D eigenvalue weighted by atomic mass is 79.9. The minimum absolute atomic E-state index is 0.790. The molecule has 1 fully saturated rings. The van der Waals surface area contributed by atoms with Crippen LogP contribution in [0.3, 0.4) is 0 Å². The standard InChI is InChI=1S/C11H13BrClNO/c1-8-6-9(12)11(7-10(8)13)14-2-4-15-5-3-14/h6-7H,2-5H2,1H3. The molecule has 0 saturated carbocycles. The summed E-state index contributed by atoms with van der Waals surface area (Å²) in [4.78, 5) is 2.29. The molecule has 1 aromatic carbocycles. The Morgan fingerprint density at radius 2 is 2.00 bits per heavy atom. The van der Waals surface area contributed by atoms with Gasteiger partial charge in [0, 0.05) is 22.6 Å². The van der Waals surface area contributed by atoms with Gasteiger partial charge in [0.05, 0.1) is 18.9 Å². The third kappa shape index (κ3) is 2.47. The number of rotatable bonds is 1. The normalized spacial score (nSPS) is 16.9. The van der Waals surface area contributed by atoms with Gasteiger partial charge in [-0.05, 0) is 40.5 Å². The van der Waals surface area contributed by atoms with E-state index in [4.69, 9.17) is 16.3 Å². The summed E-state index contributed by atoms with van der Waals surface area (Å²) < 4.78 is 6.43. The van der Waals surface area contributed by atoms with Gasteiger partial charge < -0.3 is 9.64 Å². The minimum atomic E-state index is 0.790. The number of anilines is 1. The van der Waals surface area contributed by atoms with E-state index in [0.717, 1.165) is 47.0 Å². The molecule has 0 N–H and O–H groups in total. The second-order valence-electron chi connectivity index (χ2n) is 3.65. The molecule has 0 spiro atoms. The van der Waals surface area contributed by atoms with Gasteiger partial charge in [-0.3, -0.25) is 0 Å². The third-order valence-electron chi connectivity index (χ3n) is 2.58. The molecule has 2 rings (SSSR count). The Morgan fingerprint density at radius 3 is 2.67 bits per heavy atom. The number of benzene rings is 1. The van der Waals surface area contributed by atoms with Gasteiger partial charge >= 0.3 is 0 Å². The van der Waals surface area contributed by atoms with E-state index >= 15 is 0 Å². The number of hydrogen-bond acceptors (Lipinski definition) is 2. The van der Waals surface area contributed by atoms with E-state index in [9.17, 15) is 0 Å². The monoisotopic (exact) mass is 289 g/mol. The summed E-state index contributed by atoms with van der Waals surface area (Å²) in [5.41, 5.74) is 2.26. The van der Waals surface area contributed by atoms with Crippen molar-refractivity contribution in [3.05, 3.63) is 27.2 Å². The van der Waals surface area contributed by atoms with Crippen molar-refractivity contribution in [2.75, 3.05) is 31.2 Å². The maximum Gasteiger partial charge on any atom is 0.0642 e. The molecule has 0 atom stereocenters. The maximum atomic E-state index is 6.13. The van der Waals surface area contributed by atoms with E-state index in [1.54, 1.807) is 0 Å². The van der Waals surface area contributed by atoms with Gasteiger partial charge in [-0.2, -0.15) is 0 Å². The number of hydrogen-bond donors (Lipinski definition) is 0. The molecule has 0 bridgehead atoms. The summed E-state index contributed by atoms with van der Waals surface area (Å²) in [6.45, 7) is 5.45. The fourth-order valence-electron chi connectivity index (χ4n) is 1.68. The summed E-state index contributed by atoms with van der Waals surface area (Å²) >= 11 is 9.70. The quantitative estimate of drug-likeness (QED) is 0.787. The molecule has 1 aliphatic rings. The molecular weight excluding hydrogens is 277 g/mol. The van der Waals surface area contributed by atoms with E-state index in [1.165, 1.54) is 0 Å². The SMILES string of the molecule is Cc1cc(Br)c(N2CCOCC2)cc1Cl. The first-order valence-electron chi connectivity index (χ1n) is 4.97. The summed E-state index contributed by atoms with van der Waals surface area (Å²) in [7, 11) is 0. The van der Waals surface area contributed by atoms with E-state index in [0.29, 0.717) is 0 Å². The maximum absolute atomic E-state index is 6.13. The Balaban J connectivity index is 2.30. The van der Waals surface area contributed by atoms with E-state index in [-0.39, 0.29) is 0 Å². The Bertz CT molecular complexity index is 364. The van der Waals surface area contributed by atoms with Crippen LogP contribution in [0.4, 0.5) is 5.69 Å². The van der Waals surface area contributed by atoms with Crippen LogP contribution in [0.2, 0.25) is 5.02 Å². The highest BCUT2D eigenvalue weighted by molar-refractivity contribution is 9.10. The molecule has 4 heteroatoms. The zero-order chi connectivity index (χ0) is 10.8. The molecule has 0 aliphatic carbocycles. The Kier molecular flexibility index (Phi) is 3.54. The van der Waals surface area contributed by atoms with Crippen LogP contribution in [0, 0.1) is 6.92 Å². The summed E-state index contributed by atoms with van der Waals surface area (Å²) in [5.74, 6) is 0. The molecule has 1 aromatic rings. The first kappa shape index (κ1) is 11.2. The zero-order valence-electron chi connectivity index (χ0n) is 8.59. The average molecular weight is 291 g/mol. The average Bonchev–Trinajstić information content (AvgIpc) is 2.25. The first-order valence-corrected chi connectivity index (χ1v) is 6.14. The molecule has 0 radical (unpaired) electrons. The lowest BCUT2D eigenvalue weighted by atomic mass is 10.2. The van der Waals surface area contributed by atoms with Crippen LogP contribution in [0.5, 0.6) is 0 Å². The van der Waals surface area contributed by atoms with Crippen LogP contribution in [-0.2, 0) is 4.74 Å². The number of aryl methyl sites for hydroxylation is 1. The van der Waals surface area contributed by atoms with Crippen molar-refractivity contribution in [2.45, 2.75) is 6.92 Å². The molecule has 15 heavy (non-hydrogen) atoms. The lowest BCUT2D eigenvalue weighted by molar-refractivity contribution is 0.122. The fraction of sp³-hybridized carbons (Fsp3) is 0.455. The first-order chi connectivity index (χ1) is 7.18. The Labute approximate surface area is 103 Å². The molecule has 1 aliphatic heterocycles. The summed E-state index contributed by atoms with van der Waals surface area (Å²) in [6.07, 6.45) is 0. The predicted octanol–water partition coefficient (Wildman–Crippen LogP) is 3.25. The molecular formula is C11H13BrClNO. The summed E-state index contributed by atoms with van der Waals surface area (Å²) in [6, 6.07) is 4.08. The van der Waals surface area contributed by atoms with Crippen LogP contribution >= 0.6 is 27.5 Å². The summed E-state index contributed by atoms with van der Waals surface area (Å²) in [5, 5.41) is 0.819. The van der Waals surface area contributed by atoms with Crippen molar-refractivity contribution < 1.29 is 4.74 Å². The van der Waals surface area contributed by atoms with Crippen molar-refractivity contribution in [2.24, 2.45) is 0 Å². The van der Waals surface area contributed by atoms with Gasteiger partial charge in [0.15, 0.2) is 0 Å². The van der Waals surface area contributed by atoms with Crippen LogP contribution in [0.1, 0.15) is 5.56 Å². The highest BCUT2D eigenvalue weighted by Crippen LogP contribution is 2.32. The second-order valence-corrected chi connectivity index (χ2v) is 4.91. The number of morpholine rings is 1. The second kappa shape index (κ2) is 4.73. The van der Waals surface area contributed by atoms with Crippen LogP contribution in [0.25, 0.3) is 0 Å². The van der Waals surface area contributed by atoms with Gasteiger partial charge in [0.25, 0.3) is 0 Å². The van der Waals surface area contributed by atoms with Crippen LogP contribution in [-0.4, -0.2) is 26.3 Å². The predicted molar refractivity (Wildman–Crippen MR) is 66.9 cm³/mol. The molecule has 1 saturated heterocycles. The van der Waals surface area contributed by atoms with Crippen molar-refractivity contribution in [3.8, 4) is 0 Å². The van der Waals surface area contributed by atoms with E-state index in [2.05, 4.69) is 26.9 Å². The van der Waals surface area contributed by atoms with Gasteiger partial charge in [0.1, 0.15) is 0 Å². The Hall–Kier alpha value is -0.250. The molecule has 0 amide bonds. The third-order valence-corrected chi connectivity index (χ3v) is 3.62. The molecule has 82 valence electrons. The lowest BCUT2D eigenvalue weighted by Crippen LogP contribution is -2.36. The van der Waals surface area contributed by atoms with Crippen LogP contribution in [0.15, 0.2) is 16.6 Å². The number of halogens is 2. The van der Waals surface area contributed by atoms with E-state index in [1.807, 2.05) is 13.0 Å². The van der Waals surface area contributed by atoms with Gasteiger partial charge in [-0.1, -0.05) is 11.6 Å². The lowest BCUT2D eigenvalue weighted by Gasteiger charge is -2.30. The smallest absolute Gasteiger partial charge is 0.0642 e. The minimum Gasteiger partial charge on any atom is -0.378 e. The molecule has 2 nitrogen and oxygen atoms in total. The zero-order valence-corrected chi connectivity index (χ0v) is 10.9. The van der Waals surface area contributed by atoms with Gasteiger partial charge in [0.2, 0.25) is 0 Å². The van der Waals surface area contributed by atoms with Gasteiger partial charge in [-0.15, -0.1) is 0 Å². The fourth-order valence-corrected chi connectivity index (χ4v) is 2.55. The molecule has 0 unspecified atom stereocenters. The highest BCUT2D eigenvalue weighted by Gasteiger charge is 2.14. The van der Waals surface area contributed by atoms with E-state index < -0.39 is 0 Å².